The molecule has 3 rings (SSSR count). The molecule has 144 valence electrons. The first-order chi connectivity index (χ1) is 12.8. The van der Waals surface area contributed by atoms with Crippen LogP contribution in [0.4, 0.5) is 10.6 Å². The number of aromatic nitrogens is 2. The number of nitrogens with zero attached hydrogens (tertiary/aromatic N) is 4. The van der Waals surface area contributed by atoms with Gasteiger partial charge in [0.1, 0.15) is 11.4 Å². The van der Waals surface area contributed by atoms with Crippen LogP contribution in [-0.2, 0) is 4.74 Å². The summed E-state index contributed by atoms with van der Waals surface area (Å²) in [6, 6.07) is 10.1. The second-order valence-electron chi connectivity index (χ2n) is 7.64. The van der Waals surface area contributed by atoms with E-state index in [0.29, 0.717) is 0 Å². The van der Waals surface area contributed by atoms with E-state index in [1.54, 1.807) is 6.21 Å². The largest absolute Gasteiger partial charge is 0.443 e. The number of anilines is 1. The van der Waals surface area contributed by atoms with Gasteiger partial charge in [-0.05, 0) is 52.7 Å². The lowest BCUT2D eigenvalue weighted by molar-refractivity contribution is 0.0529. The number of carbonyl (C=O) groups is 1. The van der Waals surface area contributed by atoms with Gasteiger partial charge in [0.15, 0.2) is 0 Å². The molecule has 0 aliphatic carbocycles. The van der Waals surface area contributed by atoms with E-state index in [1.807, 2.05) is 62.7 Å². The van der Waals surface area contributed by atoms with Crippen LogP contribution < -0.4 is 10.3 Å². The van der Waals surface area contributed by atoms with Crippen LogP contribution in [0.2, 0.25) is 0 Å². The summed E-state index contributed by atoms with van der Waals surface area (Å²) < 4.78 is 7.17. The van der Waals surface area contributed by atoms with Gasteiger partial charge in [-0.1, -0.05) is 18.2 Å². The number of aryl methyl sites for hydroxylation is 1. The highest BCUT2D eigenvalue weighted by molar-refractivity contribution is 5.89. The SMILES string of the molecule is Cc1nn(-c2ccccc2)c(N2CCCC2)c1/C=N/NC(=O)OC(C)(C)C. The van der Waals surface area contributed by atoms with E-state index in [2.05, 4.69) is 15.4 Å². The summed E-state index contributed by atoms with van der Waals surface area (Å²) in [5.74, 6) is 1.01. The van der Waals surface area contributed by atoms with E-state index >= 15 is 0 Å². The minimum Gasteiger partial charge on any atom is -0.443 e. The van der Waals surface area contributed by atoms with Gasteiger partial charge in [0.25, 0.3) is 0 Å². The zero-order chi connectivity index (χ0) is 19.4. The van der Waals surface area contributed by atoms with Crippen molar-refractivity contribution in [3.63, 3.8) is 0 Å². The molecule has 7 nitrogen and oxygen atoms in total. The lowest BCUT2D eigenvalue weighted by atomic mass is 10.2. The fourth-order valence-electron chi connectivity index (χ4n) is 3.11. The molecule has 1 aromatic carbocycles. The zero-order valence-corrected chi connectivity index (χ0v) is 16.4. The van der Waals surface area contributed by atoms with Gasteiger partial charge in [0.2, 0.25) is 0 Å². The third-order valence-electron chi connectivity index (χ3n) is 4.24. The molecule has 0 atom stereocenters. The highest BCUT2D eigenvalue weighted by atomic mass is 16.6. The smallest absolute Gasteiger partial charge is 0.428 e. The van der Waals surface area contributed by atoms with Crippen LogP contribution in [0.25, 0.3) is 5.69 Å². The molecule has 1 aliphatic rings. The molecule has 0 radical (unpaired) electrons. The summed E-state index contributed by atoms with van der Waals surface area (Å²) in [4.78, 5) is 14.1. The molecule has 1 aromatic heterocycles. The second-order valence-corrected chi connectivity index (χ2v) is 7.64. The highest BCUT2D eigenvalue weighted by Gasteiger charge is 2.23. The summed E-state index contributed by atoms with van der Waals surface area (Å²) in [6.07, 6.45) is 3.39. The van der Waals surface area contributed by atoms with Crippen molar-refractivity contribution < 1.29 is 9.53 Å². The Morgan fingerprint density at radius 1 is 1.22 bits per heavy atom. The third kappa shape index (κ3) is 4.67. The number of amides is 1. The maximum absolute atomic E-state index is 11.8. The van der Waals surface area contributed by atoms with Gasteiger partial charge >= 0.3 is 6.09 Å². The number of hydrazone groups is 1. The van der Waals surface area contributed by atoms with E-state index in [9.17, 15) is 4.79 Å². The van der Waals surface area contributed by atoms with E-state index in [0.717, 1.165) is 48.7 Å². The molecule has 0 saturated carbocycles. The van der Waals surface area contributed by atoms with Gasteiger partial charge in [-0.3, -0.25) is 0 Å². The van der Waals surface area contributed by atoms with Crippen molar-refractivity contribution in [1.82, 2.24) is 15.2 Å². The number of para-hydroxylation sites is 1. The molecule has 1 N–H and O–H groups in total. The maximum atomic E-state index is 11.8. The molecular weight excluding hydrogens is 342 g/mol. The first-order valence-electron chi connectivity index (χ1n) is 9.27. The lowest BCUT2D eigenvalue weighted by Crippen LogP contribution is -2.29. The average Bonchev–Trinajstić information content (AvgIpc) is 3.22. The standard InChI is InChI=1S/C20H27N5O2/c1-15-17(14-21-22-19(26)27-20(2,3)4)18(24-12-8-9-13-24)25(23-15)16-10-6-5-7-11-16/h5-7,10-11,14H,8-9,12-13H2,1-4H3,(H,22,26)/b21-14+. The summed E-state index contributed by atoms with van der Waals surface area (Å²) in [6.45, 7) is 9.37. The van der Waals surface area contributed by atoms with Crippen LogP contribution in [0.15, 0.2) is 35.4 Å². The van der Waals surface area contributed by atoms with Crippen molar-refractivity contribution in [2.45, 2.75) is 46.1 Å². The van der Waals surface area contributed by atoms with E-state index in [1.165, 1.54) is 0 Å². The number of carbonyl (C=O) groups excluding carboxylic acids is 1. The Balaban J connectivity index is 1.89. The second kappa shape index (κ2) is 7.82. The molecule has 7 heteroatoms. The molecular formula is C20H27N5O2. The van der Waals surface area contributed by atoms with Gasteiger partial charge in [-0.25, -0.2) is 14.9 Å². The van der Waals surface area contributed by atoms with E-state index < -0.39 is 11.7 Å². The Morgan fingerprint density at radius 3 is 2.52 bits per heavy atom. The molecule has 1 aliphatic heterocycles. The van der Waals surface area contributed by atoms with Crippen LogP contribution in [0.3, 0.4) is 0 Å². The first-order valence-corrected chi connectivity index (χ1v) is 9.27. The zero-order valence-electron chi connectivity index (χ0n) is 16.4. The van der Waals surface area contributed by atoms with Crippen LogP contribution in [0.5, 0.6) is 0 Å². The number of nitrogens with one attached hydrogen (secondary N) is 1. The molecule has 0 bridgehead atoms. The third-order valence-corrected chi connectivity index (χ3v) is 4.24. The van der Waals surface area contributed by atoms with Crippen LogP contribution in [0, 0.1) is 6.92 Å². The van der Waals surface area contributed by atoms with Gasteiger partial charge in [0.05, 0.1) is 23.2 Å². The van der Waals surface area contributed by atoms with Crippen molar-refractivity contribution >= 4 is 18.1 Å². The fraction of sp³-hybridized carbons (Fsp3) is 0.450. The Kier molecular flexibility index (Phi) is 5.48. The van der Waals surface area contributed by atoms with E-state index in [-0.39, 0.29) is 0 Å². The quantitative estimate of drug-likeness (QED) is 0.660. The summed E-state index contributed by atoms with van der Waals surface area (Å²) in [5.41, 5.74) is 4.63. The van der Waals surface area contributed by atoms with Crippen molar-refractivity contribution in [2.75, 3.05) is 18.0 Å². The molecule has 2 heterocycles. The Hall–Kier alpha value is -2.83. The summed E-state index contributed by atoms with van der Waals surface area (Å²) >= 11 is 0. The van der Waals surface area contributed by atoms with Crippen molar-refractivity contribution in [1.29, 1.82) is 0 Å². The molecule has 1 fully saturated rings. The first kappa shape index (κ1) is 18.9. The van der Waals surface area contributed by atoms with Crippen molar-refractivity contribution in [3.8, 4) is 5.69 Å². The van der Waals surface area contributed by atoms with Crippen molar-refractivity contribution in [2.24, 2.45) is 5.10 Å². The van der Waals surface area contributed by atoms with Gasteiger partial charge < -0.3 is 9.64 Å². The van der Waals surface area contributed by atoms with Gasteiger partial charge in [-0.2, -0.15) is 10.2 Å². The van der Waals surface area contributed by atoms with Crippen molar-refractivity contribution in [3.05, 3.63) is 41.6 Å². The Bertz CT molecular complexity index is 815. The number of benzene rings is 1. The number of rotatable bonds is 4. The highest BCUT2D eigenvalue weighted by Crippen LogP contribution is 2.28. The topological polar surface area (TPSA) is 71.8 Å². The molecule has 0 spiro atoms. The van der Waals surface area contributed by atoms with Gasteiger partial charge in [0, 0.05) is 13.1 Å². The van der Waals surface area contributed by atoms with Crippen LogP contribution in [0.1, 0.15) is 44.9 Å². The number of hydrogen-bond donors (Lipinski definition) is 1. The fourth-order valence-corrected chi connectivity index (χ4v) is 3.11. The minimum atomic E-state index is -0.574. The monoisotopic (exact) mass is 369 g/mol. The molecule has 0 unspecified atom stereocenters. The normalized spacial score (nSPS) is 14.7. The predicted molar refractivity (Wildman–Crippen MR) is 107 cm³/mol. The molecule has 2 aromatic rings. The summed E-state index contributed by atoms with van der Waals surface area (Å²) in [5, 5.41) is 8.82. The van der Waals surface area contributed by atoms with Gasteiger partial charge in [-0.15, -0.1) is 0 Å². The summed E-state index contributed by atoms with van der Waals surface area (Å²) in [7, 11) is 0. The Morgan fingerprint density at radius 2 is 1.89 bits per heavy atom. The number of hydrogen-bond acceptors (Lipinski definition) is 5. The molecule has 1 saturated heterocycles. The minimum absolute atomic E-state index is 0.561. The maximum Gasteiger partial charge on any atom is 0.428 e. The molecule has 27 heavy (non-hydrogen) atoms. The van der Waals surface area contributed by atoms with E-state index in [4.69, 9.17) is 9.84 Å². The van der Waals surface area contributed by atoms with Crippen LogP contribution in [-0.4, -0.2) is 40.8 Å². The number of ether oxygens (including phenoxy) is 1. The Labute approximate surface area is 160 Å². The lowest BCUT2D eigenvalue weighted by Gasteiger charge is -2.20. The average molecular weight is 369 g/mol. The predicted octanol–water partition coefficient (Wildman–Crippen LogP) is 3.64. The molecule has 1 amide bonds. The van der Waals surface area contributed by atoms with Crippen LogP contribution >= 0.6 is 0 Å².